The van der Waals surface area contributed by atoms with E-state index in [2.05, 4.69) is 47.8 Å². The zero-order valence-corrected chi connectivity index (χ0v) is 12.7. The second-order valence-corrected chi connectivity index (χ2v) is 7.20. The lowest BCUT2D eigenvalue weighted by atomic mass is 10.1. The Balaban J connectivity index is 1.86. The van der Waals surface area contributed by atoms with Crippen LogP contribution in [0.3, 0.4) is 0 Å². The van der Waals surface area contributed by atoms with Crippen LogP contribution in [0.4, 0.5) is 0 Å². The van der Waals surface area contributed by atoms with Crippen LogP contribution in [0.15, 0.2) is 16.8 Å². The molecule has 2 aliphatic rings. The first-order chi connectivity index (χ1) is 9.04. The number of rotatable bonds is 4. The molecule has 3 unspecified atom stereocenters. The number of amides is 1. The molecule has 0 spiro atoms. The van der Waals surface area contributed by atoms with Crippen molar-refractivity contribution < 1.29 is 4.79 Å². The van der Waals surface area contributed by atoms with Crippen LogP contribution in [-0.4, -0.2) is 22.9 Å². The molecule has 2 fully saturated rings. The fraction of sp³-hybridized carbons (Fsp3) is 0.667. The molecule has 3 rings (SSSR count). The van der Waals surface area contributed by atoms with Gasteiger partial charge in [-0.25, -0.2) is 0 Å². The van der Waals surface area contributed by atoms with Crippen molar-refractivity contribution in [3.63, 3.8) is 0 Å². The van der Waals surface area contributed by atoms with Gasteiger partial charge in [0.2, 0.25) is 5.91 Å². The number of hydrogen-bond acceptors (Lipinski definition) is 3. The van der Waals surface area contributed by atoms with Crippen molar-refractivity contribution >= 4 is 17.2 Å². The van der Waals surface area contributed by atoms with Crippen LogP contribution in [0.5, 0.6) is 0 Å². The second-order valence-electron chi connectivity index (χ2n) is 6.42. The molecule has 1 saturated carbocycles. The molecule has 1 aromatic heterocycles. The van der Waals surface area contributed by atoms with Gasteiger partial charge in [0, 0.05) is 6.04 Å². The zero-order chi connectivity index (χ0) is 13.6. The van der Waals surface area contributed by atoms with Crippen LogP contribution in [0.25, 0.3) is 0 Å². The lowest BCUT2D eigenvalue weighted by molar-refractivity contribution is -0.131. The van der Waals surface area contributed by atoms with Crippen LogP contribution in [0.1, 0.15) is 51.8 Å². The molecule has 1 amide bonds. The van der Waals surface area contributed by atoms with E-state index in [1.807, 2.05) is 0 Å². The number of hydrogen-bond donors (Lipinski definition) is 1. The molecule has 1 N–H and O–H groups in total. The summed E-state index contributed by atoms with van der Waals surface area (Å²) in [5, 5.41) is 7.78. The van der Waals surface area contributed by atoms with Crippen molar-refractivity contribution in [1.82, 2.24) is 10.2 Å². The van der Waals surface area contributed by atoms with Crippen molar-refractivity contribution in [1.29, 1.82) is 0 Å². The van der Waals surface area contributed by atoms with E-state index in [0.717, 1.165) is 19.3 Å². The predicted octanol–water partition coefficient (Wildman–Crippen LogP) is 3.15. The lowest BCUT2D eigenvalue weighted by Crippen LogP contribution is -2.35. The van der Waals surface area contributed by atoms with Gasteiger partial charge in [-0.3, -0.25) is 10.1 Å². The fourth-order valence-corrected chi connectivity index (χ4v) is 3.76. The lowest BCUT2D eigenvalue weighted by Gasteiger charge is -2.25. The third-order valence-corrected chi connectivity index (χ3v) is 5.12. The summed E-state index contributed by atoms with van der Waals surface area (Å²) in [5.41, 5.74) is 1.52. The van der Waals surface area contributed by atoms with E-state index in [1.54, 1.807) is 11.3 Å². The number of nitrogens with zero attached hydrogens (tertiary/aromatic N) is 1. The van der Waals surface area contributed by atoms with E-state index in [0.29, 0.717) is 11.9 Å². The standard InChI is InChI=1S/C15H22N2OS/c1-4-5-11-14(18)17(12-8-15(12,2)3)13(16-11)10-6-7-19-9-10/h6-7,9,11-13,16H,4-5,8H2,1-3H3. The summed E-state index contributed by atoms with van der Waals surface area (Å²) in [7, 11) is 0. The maximum atomic E-state index is 12.6. The van der Waals surface area contributed by atoms with Crippen LogP contribution < -0.4 is 5.32 Å². The summed E-state index contributed by atoms with van der Waals surface area (Å²) >= 11 is 1.70. The maximum Gasteiger partial charge on any atom is 0.241 e. The van der Waals surface area contributed by atoms with Gasteiger partial charge in [-0.15, -0.1) is 0 Å². The van der Waals surface area contributed by atoms with Crippen LogP contribution in [0, 0.1) is 5.41 Å². The molecule has 1 aromatic rings. The Hall–Kier alpha value is -0.870. The minimum absolute atomic E-state index is 0.00583. The third kappa shape index (κ3) is 2.21. The van der Waals surface area contributed by atoms with Crippen molar-refractivity contribution in [3.05, 3.63) is 22.4 Å². The van der Waals surface area contributed by atoms with Gasteiger partial charge in [-0.1, -0.05) is 27.2 Å². The Kier molecular flexibility index (Phi) is 3.18. The third-order valence-electron chi connectivity index (χ3n) is 4.42. The smallest absolute Gasteiger partial charge is 0.241 e. The van der Waals surface area contributed by atoms with Gasteiger partial charge in [0.15, 0.2) is 0 Å². The van der Waals surface area contributed by atoms with Crippen molar-refractivity contribution in [2.24, 2.45) is 5.41 Å². The topological polar surface area (TPSA) is 32.3 Å². The summed E-state index contributed by atoms with van der Waals surface area (Å²) in [6.07, 6.45) is 3.19. The quantitative estimate of drug-likeness (QED) is 0.917. The Morgan fingerprint density at radius 1 is 1.53 bits per heavy atom. The van der Waals surface area contributed by atoms with Gasteiger partial charge in [0.25, 0.3) is 0 Å². The highest BCUT2D eigenvalue weighted by atomic mass is 32.1. The zero-order valence-electron chi connectivity index (χ0n) is 11.8. The highest BCUT2D eigenvalue weighted by Crippen LogP contribution is 2.52. The highest BCUT2D eigenvalue weighted by Gasteiger charge is 2.56. The minimum atomic E-state index is 0.00583. The summed E-state index contributed by atoms with van der Waals surface area (Å²) in [5.74, 6) is 0.300. The van der Waals surface area contributed by atoms with Crippen molar-refractivity contribution in [2.75, 3.05) is 0 Å². The molecule has 19 heavy (non-hydrogen) atoms. The highest BCUT2D eigenvalue weighted by molar-refractivity contribution is 7.07. The molecule has 3 nitrogen and oxygen atoms in total. The average molecular weight is 278 g/mol. The van der Waals surface area contributed by atoms with Crippen LogP contribution in [-0.2, 0) is 4.79 Å². The Morgan fingerprint density at radius 2 is 2.26 bits per heavy atom. The molecule has 0 aromatic carbocycles. The van der Waals surface area contributed by atoms with Crippen molar-refractivity contribution in [3.8, 4) is 0 Å². The van der Waals surface area contributed by atoms with Crippen LogP contribution >= 0.6 is 11.3 Å². The first kappa shape index (κ1) is 13.1. The summed E-state index contributed by atoms with van der Waals surface area (Å²) in [6.45, 7) is 6.64. The largest absolute Gasteiger partial charge is 0.318 e. The predicted molar refractivity (Wildman–Crippen MR) is 77.9 cm³/mol. The Morgan fingerprint density at radius 3 is 2.79 bits per heavy atom. The molecule has 1 aliphatic carbocycles. The van der Waals surface area contributed by atoms with E-state index < -0.39 is 0 Å². The molecule has 0 bridgehead atoms. The number of nitrogens with one attached hydrogen (secondary N) is 1. The molecule has 0 radical (unpaired) electrons. The van der Waals surface area contributed by atoms with E-state index in [4.69, 9.17) is 0 Å². The second kappa shape index (κ2) is 4.60. The average Bonchev–Trinajstić information content (AvgIpc) is 2.75. The van der Waals surface area contributed by atoms with Crippen LogP contribution in [0.2, 0.25) is 0 Å². The molecule has 2 heterocycles. The van der Waals surface area contributed by atoms with Gasteiger partial charge < -0.3 is 4.90 Å². The molecule has 1 aliphatic heterocycles. The van der Waals surface area contributed by atoms with E-state index in [9.17, 15) is 4.79 Å². The van der Waals surface area contributed by atoms with Gasteiger partial charge in [-0.05, 0) is 40.6 Å². The molecular formula is C15H22N2OS. The maximum absolute atomic E-state index is 12.6. The SMILES string of the molecule is CCCC1NC(c2ccsc2)N(C2CC2(C)C)C1=O. The van der Waals surface area contributed by atoms with E-state index >= 15 is 0 Å². The van der Waals surface area contributed by atoms with Gasteiger partial charge in [-0.2, -0.15) is 11.3 Å². The molecule has 1 saturated heterocycles. The summed E-state index contributed by atoms with van der Waals surface area (Å²) < 4.78 is 0. The first-order valence-corrected chi connectivity index (χ1v) is 8.09. The minimum Gasteiger partial charge on any atom is -0.318 e. The van der Waals surface area contributed by atoms with E-state index in [1.165, 1.54) is 5.56 Å². The Labute approximate surface area is 119 Å². The first-order valence-electron chi connectivity index (χ1n) is 7.15. The fourth-order valence-electron chi connectivity index (χ4n) is 3.08. The molecule has 104 valence electrons. The van der Waals surface area contributed by atoms with E-state index in [-0.39, 0.29) is 17.6 Å². The van der Waals surface area contributed by atoms with Gasteiger partial charge >= 0.3 is 0 Å². The number of carbonyl (C=O) groups is 1. The van der Waals surface area contributed by atoms with Gasteiger partial charge in [0.05, 0.1) is 6.04 Å². The normalized spacial score (nSPS) is 32.9. The van der Waals surface area contributed by atoms with Crippen molar-refractivity contribution in [2.45, 2.75) is 58.3 Å². The molecule has 4 heteroatoms. The molecular weight excluding hydrogens is 256 g/mol. The Bertz CT molecular complexity index is 468. The summed E-state index contributed by atoms with van der Waals surface area (Å²) in [6, 6.07) is 2.54. The summed E-state index contributed by atoms with van der Waals surface area (Å²) in [4.78, 5) is 14.8. The molecule has 3 atom stereocenters. The monoisotopic (exact) mass is 278 g/mol. The number of thiophene rings is 1. The number of carbonyl (C=O) groups excluding carboxylic acids is 1. The van der Waals surface area contributed by atoms with Gasteiger partial charge in [0.1, 0.15) is 6.17 Å².